The molecule has 21 heavy (non-hydrogen) atoms. The van der Waals surface area contributed by atoms with Crippen molar-refractivity contribution >= 4 is 11.6 Å². The summed E-state index contributed by atoms with van der Waals surface area (Å²) >= 11 is 0. The molecule has 4 nitrogen and oxygen atoms in total. The molecule has 5 heteroatoms. The number of anilines is 1. The molecular weight excluding hydrogens is 271 g/mol. The van der Waals surface area contributed by atoms with Crippen LogP contribution in [0.15, 0.2) is 18.2 Å². The third-order valence-corrected chi connectivity index (χ3v) is 3.92. The Hall–Kier alpha value is -1.62. The molecule has 1 aliphatic heterocycles. The van der Waals surface area contributed by atoms with Crippen molar-refractivity contribution in [3.8, 4) is 0 Å². The zero-order valence-corrected chi connectivity index (χ0v) is 12.9. The number of piperazine rings is 1. The Bertz CT molecular complexity index is 517. The van der Waals surface area contributed by atoms with E-state index in [0.29, 0.717) is 31.9 Å². The first-order valence-electron chi connectivity index (χ1n) is 7.26. The normalized spacial score (nSPS) is 16.2. The fourth-order valence-electron chi connectivity index (χ4n) is 2.53. The Balaban J connectivity index is 2.09. The number of nitrogens with zero attached hydrogens (tertiary/aromatic N) is 2. The van der Waals surface area contributed by atoms with E-state index >= 15 is 0 Å². The predicted octanol–water partition coefficient (Wildman–Crippen LogP) is 1.76. The van der Waals surface area contributed by atoms with Gasteiger partial charge in [-0.25, -0.2) is 4.39 Å². The smallest absolute Gasteiger partial charge is 0.248 e. The lowest BCUT2D eigenvalue weighted by Crippen LogP contribution is -2.49. The van der Waals surface area contributed by atoms with Crippen molar-refractivity contribution in [2.75, 3.05) is 37.7 Å². The molecule has 1 heterocycles. The van der Waals surface area contributed by atoms with Crippen molar-refractivity contribution in [1.82, 2.24) is 4.90 Å². The Morgan fingerprint density at radius 3 is 2.33 bits per heavy atom. The van der Waals surface area contributed by atoms with Crippen LogP contribution in [0, 0.1) is 5.82 Å². The van der Waals surface area contributed by atoms with Crippen molar-refractivity contribution in [3.63, 3.8) is 0 Å². The van der Waals surface area contributed by atoms with Crippen molar-refractivity contribution in [1.29, 1.82) is 0 Å². The highest BCUT2D eigenvalue weighted by Crippen LogP contribution is 2.28. The molecule has 1 aromatic rings. The van der Waals surface area contributed by atoms with Gasteiger partial charge in [0.1, 0.15) is 12.4 Å². The van der Waals surface area contributed by atoms with Crippen LogP contribution < -0.4 is 4.90 Å². The second-order valence-corrected chi connectivity index (χ2v) is 6.44. The molecule has 1 aromatic carbocycles. The van der Waals surface area contributed by atoms with Gasteiger partial charge < -0.3 is 14.9 Å². The summed E-state index contributed by atoms with van der Waals surface area (Å²) in [7, 11) is 0. The largest absolute Gasteiger partial charge is 0.387 e. The maximum Gasteiger partial charge on any atom is 0.248 e. The van der Waals surface area contributed by atoms with Gasteiger partial charge in [-0.2, -0.15) is 0 Å². The Labute approximate surface area is 125 Å². The minimum absolute atomic E-state index is 0.0778. The van der Waals surface area contributed by atoms with Crippen LogP contribution in [0.4, 0.5) is 10.1 Å². The SMILES string of the molecule is CC(C)(C)c1ccc(N2CCN(C(=O)CO)CC2)c(F)c1. The van der Waals surface area contributed by atoms with Crippen molar-refractivity contribution in [2.24, 2.45) is 0 Å². The molecule has 0 aliphatic carbocycles. The van der Waals surface area contributed by atoms with Gasteiger partial charge in [0.15, 0.2) is 0 Å². The first-order valence-corrected chi connectivity index (χ1v) is 7.26. The first kappa shape index (κ1) is 15.8. The molecule has 0 spiro atoms. The lowest BCUT2D eigenvalue weighted by molar-refractivity contribution is -0.134. The standard InChI is InChI=1S/C16H23FN2O2/c1-16(2,3)12-4-5-14(13(17)10-12)18-6-8-19(9-7-18)15(21)11-20/h4-5,10,20H,6-9,11H2,1-3H3. The minimum atomic E-state index is -0.464. The summed E-state index contributed by atoms with van der Waals surface area (Å²) in [6.07, 6.45) is 0. The zero-order chi connectivity index (χ0) is 15.6. The Morgan fingerprint density at radius 2 is 1.86 bits per heavy atom. The molecule has 0 radical (unpaired) electrons. The highest BCUT2D eigenvalue weighted by molar-refractivity contribution is 5.77. The van der Waals surface area contributed by atoms with E-state index in [1.54, 1.807) is 11.0 Å². The molecular formula is C16H23FN2O2. The maximum atomic E-state index is 14.3. The number of aliphatic hydroxyl groups is 1. The molecule has 0 atom stereocenters. The third kappa shape index (κ3) is 3.53. The number of carbonyl (C=O) groups excluding carboxylic acids is 1. The Kier molecular flexibility index (Phi) is 4.52. The van der Waals surface area contributed by atoms with E-state index in [2.05, 4.69) is 20.8 Å². The number of hydrogen-bond donors (Lipinski definition) is 1. The summed E-state index contributed by atoms with van der Waals surface area (Å²) in [5.74, 6) is -0.484. The molecule has 116 valence electrons. The maximum absolute atomic E-state index is 14.3. The minimum Gasteiger partial charge on any atom is -0.387 e. The molecule has 2 rings (SSSR count). The lowest BCUT2D eigenvalue weighted by atomic mass is 9.87. The molecule has 1 amide bonds. The summed E-state index contributed by atoms with van der Waals surface area (Å²) in [5, 5.41) is 8.86. The zero-order valence-electron chi connectivity index (χ0n) is 12.9. The number of hydrogen-bond acceptors (Lipinski definition) is 3. The van der Waals surface area contributed by atoms with Gasteiger partial charge in [-0.3, -0.25) is 4.79 Å². The van der Waals surface area contributed by atoms with E-state index in [-0.39, 0.29) is 17.1 Å². The van der Waals surface area contributed by atoms with Gasteiger partial charge in [-0.1, -0.05) is 26.8 Å². The van der Waals surface area contributed by atoms with E-state index in [4.69, 9.17) is 5.11 Å². The van der Waals surface area contributed by atoms with Crippen LogP contribution in [0.2, 0.25) is 0 Å². The highest BCUT2D eigenvalue weighted by atomic mass is 19.1. The monoisotopic (exact) mass is 294 g/mol. The second kappa shape index (κ2) is 6.02. The molecule has 0 saturated carbocycles. The highest BCUT2D eigenvalue weighted by Gasteiger charge is 2.23. The van der Waals surface area contributed by atoms with Crippen LogP contribution in [-0.2, 0) is 10.2 Å². The summed E-state index contributed by atoms with van der Waals surface area (Å²) in [6, 6.07) is 5.38. The summed E-state index contributed by atoms with van der Waals surface area (Å²) in [5.41, 5.74) is 1.47. The fourth-order valence-corrected chi connectivity index (χ4v) is 2.53. The summed E-state index contributed by atoms with van der Waals surface area (Å²) in [6.45, 7) is 7.89. The van der Waals surface area contributed by atoms with Crippen LogP contribution in [0.5, 0.6) is 0 Å². The predicted molar refractivity (Wildman–Crippen MR) is 81.0 cm³/mol. The van der Waals surface area contributed by atoms with Crippen molar-refractivity contribution in [2.45, 2.75) is 26.2 Å². The molecule has 0 aromatic heterocycles. The average molecular weight is 294 g/mol. The molecule has 1 N–H and O–H groups in total. The van der Waals surface area contributed by atoms with Crippen LogP contribution in [0.1, 0.15) is 26.3 Å². The second-order valence-electron chi connectivity index (χ2n) is 6.44. The quantitative estimate of drug-likeness (QED) is 0.904. The average Bonchev–Trinajstić information content (AvgIpc) is 2.45. The van der Waals surface area contributed by atoms with E-state index in [0.717, 1.165) is 5.56 Å². The van der Waals surface area contributed by atoms with Gasteiger partial charge in [0, 0.05) is 26.2 Å². The number of halogens is 1. The van der Waals surface area contributed by atoms with Gasteiger partial charge in [-0.15, -0.1) is 0 Å². The molecule has 0 unspecified atom stereocenters. The van der Waals surface area contributed by atoms with Gasteiger partial charge in [0.05, 0.1) is 5.69 Å². The fraction of sp³-hybridized carbons (Fsp3) is 0.562. The van der Waals surface area contributed by atoms with E-state index in [1.165, 1.54) is 0 Å². The number of carbonyl (C=O) groups is 1. The van der Waals surface area contributed by atoms with Crippen molar-refractivity contribution < 1.29 is 14.3 Å². The summed E-state index contributed by atoms with van der Waals surface area (Å²) < 4.78 is 14.3. The molecule has 1 aliphatic rings. The summed E-state index contributed by atoms with van der Waals surface area (Å²) in [4.78, 5) is 15.0. The van der Waals surface area contributed by atoms with Crippen LogP contribution in [0.25, 0.3) is 0 Å². The Morgan fingerprint density at radius 1 is 1.24 bits per heavy atom. The van der Waals surface area contributed by atoms with Gasteiger partial charge in [0.25, 0.3) is 0 Å². The van der Waals surface area contributed by atoms with Gasteiger partial charge in [-0.05, 0) is 23.1 Å². The molecule has 1 saturated heterocycles. The number of rotatable bonds is 2. The van der Waals surface area contributed by atoms with E-state index in [9.17, 15) is 9.18 Å². The number of benzene rings is 1. The molecule has 0 bridgehead atoms. The first-order chi connectivity index (χ1) is 9.82. The third-order valence-electron chi connectivity index (χ3n) is 3.92. The molecule has 1 fully saturated rings. The van der Waals surface area contributed by atoms with Gasteiger partial charge >= 0.3 is 0 Å². The van der Waals surface area contributed by atoms with Gasteiger partial charge in [0.2, 0.25) is 5.91 Å². The van der Waals surface area contributed by atoms with Crippen LogP contribution in [0.3, 0.4) is 0 Å². The lowest BCUT2D eigenvalue weighted by Gasteiger charge is -2.36. The van der Waals surface area contributed by atoms with Crippen molar-refractivity contribution in [3.05, 3.63) is 29.6 Å². The van der Waals surface area contributed by atoms with E-state index < -0.39 is 6.61 Å². The number of aliphatic hydroxyl groups excluding tert-OH is 1. The van der Waals surface area contributed by atoms with Crippen LogP contribution >= 0.6 is 0 Å². The number of amides is 1. The van der Waals surface area contributed by atoms with Crippen LogP contribution in [-0.4, -0.2) is 48.7 Å². The topological polar surface area (TPSA) is 43.8 Å². The van der Waals surface area contributed by atoms with E-state index in [1.807, 2.05) is 17.0 Å².